The molecule has 0 fully saturated rings. The van der Waals surface area contributed by atoms with E-state index in [-0.39, 0.29) is 5.97 Å². The molecule has 0 aromatic carbocycles. The number of carbonyl (C=O) groups excluding carboxylic acids is 1. The van der Waals surface area contributed by atoms with Gasteiger partial charge in [0.1, 0.15) is 14.1 Å². The van der Waals surface area contributed by atoms with Crippen molar-refractivity contribution in [2.75, 3.05) is 27.2 Å². The van der Waals surface area contributed by atoms with E-state index in [1.54, 1.807) is 4.90 Å². The molecule has 0 unspecified atom stereocenters. The average molecular weight is 159 g/mol. The molecule has 0 heterocycles. The normalized spacial score (nSPS) is 10.2. The molecule has 0 saturated carbocycles. The fraction of sp³-hybridized carbons (Fsp3) is 0.875. The maximum atomic E-state index is 10.9. The smallest absolute Gasteiger partial charge is 0.366 e. The molecule has 0 aliphatic carbocycles. The van der Waals surface area contributed by atoms with Crippen molar-refractivity contribution < 1.29 is 9.53 Å². The Morgan fingerprint density at radius 2 is 2.09 bits per heavy atom. The minimum Gasteiger partial charge on any atom is -0.461 e. The Bertz CT molecular complexity index is 113. The van der Waals surface area contributed by atoms with Gasteiger partial charge in [0.25, 0.3) is 0 Å². The highest BCUT2D eigenvalue weighted by Crippen LogP contribution is 1.88. The molecule has 0 aromatic rings. The quantitative estimate of drug-likeness (QED) is 0.336. The Kier molecular flexibility index (Phi) is 5.84. The maximum Gasteiger partial charge on any atom is 0.366 e. The summed E-state index contributed by atoms with van der Waals surface area (Å²) in [4.78, 5) is 12.7. The first kappa shape index (κ1) is 10.4. The van der Waals surface area contributed by atoms with Crippen LogP contribution < -0.4 is 4.90 Å². The van der Waals surface area contributed by atoms with Crippen molar-refractivity contribution in [1.82, 2.24) is 4.90 Å². The fourth-order valence-electron chi connectivity index (χ4n) is 0.634. The molecule has 0 aliphatic rings. The second-order valence-corrected chi connectivity index (χ2v) is 2.81. The fourth-order valence-corrected chi connectivity index (χ4v) is 0.634. The number of esters is 1. The molecule has 0 atom stereocenters. The predicted molar refractivity (Wildman–Crippen MR) is 44.7 cm³/mol. The molecule has 0 aromatic heterocycles. The average Bonchev–Trinajstić information content (AvgIpc) is 1.86. The van der Waals surface area contributed by atoms with Gasteiger partial charge in [-0.2, -0.15) is 4.90 Å². The number of rotatable bonds is 5. The number of unbranched alkanes of at least 4 members (excludes halogenated alkanes) is 1. The van der Waals surface area contributed by atoms with Crippen molar-refractivity contribution in [1.29, 1.82) is 0 Å². The molecular weight excluding hydrogens is 142 g/mol. The van der Waals surface area contributed by atoms with Crippen molar-refractivity contribution >= 4 is 5.97 Å². The lowest BCUT2D eigenvalue weighted by Gasteiger charge is -2.02. The van der Waals surface area contributed by atoms with Gasteiger partial charge in [0.05, 0.1) is 6.61 Å². The first-order valence-electron chi connectivity index (χ1n) is 3.97. The molecule has 0 amide bonds. The zero-order valence-corrected chi connectivity index (χ0v) is 7.59. The summed E-state index contributed by atoms with van der Waals surface area (Å²) < 4.78 is 4.91. The first-order chi connectivity index (χ1) is 5.16. The monoisotopic (exact) mass is 159 g/mol. The maximum absolute atomic E-state index is 10.9. The molecular formula is C8H17NO2+. The first-order valence-corrected chi connectivity index (χ1v) is 3.97. The van der Waals surface area contributed by atoms with Crippen LogP contribution in [0.4, 0.5) is 0 Å². The van der Waals surface area contributed by atoms with Gasteiger partial charge >= 0.3 is 5.97 Å². The predicted octanol–water partition coefficient (Wildman–Crippen LogP) is 0.729. The number of ether oxygens (including phenoxy) is 1. The van der Waals surface area contributed by atoms with Crippen molar-refractivity contribution in [2.24, 2.45) is 0 Å². The van der Waals surface area contributed by atoms with Crippen molar-refractivity contribution in [3.8, 4) is 0 Å². The minimum atomic E-state index is -0.136. The Balaban J connectivity index is 3.23. The van der Waals surface area contributed by atoms with Crippen LogP contribution in [-0.2, 0) is 9.53 Å². The summed E-state index contributed by atoms with van der Waals surface area (Å²) in [6, 6.07) is 0. The van der Waals surface area contributed by atoms with Gasteiger partial charge < -0.3 is 4.74 Å². The zero-order valence-electron chi connectivity index (χ0n) is 7.59. The van der Waals surface area contributed by atoms with Crippen molar-refractivity contribution in [3.63, 3.8) is 0 Å². The lowest BCUT2D eigenvalue weighted by molar-refractivity contribution is -0.143. The summed E-state index contributed by atoms with van der Waals surface area (Å²) >= 11 is 0. The molecule has 1 radical (unpaired) electrons. The third-order valence-corrected chi connectivity index (χ3v) is 1.21. The van der Waals surface area contributed by atoms with Gasteiger partial charge in [-0.05, 0) is 6.42 Å². The number of hydrogen-bond donors (Lipinski definition) is 0. The third-order valence-electron chi connectivity index (χ3n) is 1.21. The van der Waals surface area contributed by atoms with Crippen LogP contribution in [0.1, 0.15) is 19.8 Å². The van der Waals surface area contributed by atoms with Crippen LogP contribution in [0.15, 0.2) is 0 Å². The van der Waals surface area contributed by atoms with Crippen LogP contribution in [0, 0.1) is 0 Å². The van der Waals surface area contributed by atoms with Gasteiger partial charge in [-0.25, -0.2) is 4.79 Å². The van der Waals surface area contributed by atoms with E-state index in [0.717, 1.165) is 12.8 Å². The molecule has 0 rings (SSSR count). The molecule has 0 spiro atoms. The summed E-state index contributed by atoms with van der Waals surface area (Å²) in [5.41, 5.74) is 0. The summed E-state index contributed by atoms with van der Waals surface area (Å²) in [6.07, 6.45) is 2.02. The molecule has 3 nitrogen and oxygen atoms in total. The van der Waals surface area contributed by atoms with Crippen LogP contribution in [-0.4, -0.2) is 33.2 Å². The van der Waals surface area contributed by atoms with Gasteiger partial charge in [0, 0.05) is 0 Å². The van der Waals surface area contributed by atoms with Crippen LogP contribution in [0.5, 0.6) is 0 Å². The van der Waals surface area contributed by atoms with Gasteiger partial charge in [-0.3, -0.25) is 0 Å². The second-order valence-electron chi connectivity index (χ2n) is 2.81. The second kappa shape index (κ2) is 6.16. The highest BCUT2D eigenvalue weighted by atomic mass is 16.5. The van der Waals surface area contributed by atoms with Crippen LogP contribution in [0.3, 0.4) is 0 Å². The summed E-state index contributed by atoms with van der Waals surface area (Å²) in [7, 11) is 3.70. The minimum absolute atomic E-state index is 0.136. The van der Waals surface area contributed by atoms with E-state index in [0.29, 0.717) is 13.2 Å². The number of nitrogens with zero attached hydrogens (tertiary/aromatic N) is 1. The number of hydrogen-bond acceptors (Lipinski definition) is 3. The number of likely N-dealkylation sites (N-methyl/N-ethyl adjacent to an activating group) is 1. The zero-order chi connectivity index (χ0) is 8.69. The van der Waals surface area contributed by atoms with Crippen LogP contribution >= 0.6 is 0 Å². The summed E-state index contributed by atoms with van der Waals surface area (Å²) in [6.45, 7) is 3.01. The summed E-state index contributed by atoms with van der Waals surface area (Å²) in [5, 5.41) is 0. The van der Waals surface area contributed by atoms with E-state index in [1.807, 2.05) is 14.1 Å². The Morgan fingerprint density at radius 1 is 1.45 bits per heavy atom. The molecule has 11 heavy (non-hydrogen) atoms. The van der Waals surface area contributed by atoms with E-state index in [9.17, 15) is 4.79 Å². The van der Waals surface area contributed by atoms with E-state index in [1.165, 1.54) is 0 Å². The summed E-state index contributed by atoms with van der Waals surface area (Å²) in [5.74, 6) is -0.136. The highest BCUT2D eigenvalue weighted by Gasteiger charge is 2.09. The van der Waals surface area contributed by atoms with Gasteiger partial charge in [-0.1, -0.05) is 13.3 Å². The molecule has 0 N–H and O–H groups in total. The standard InChI is InChI=1S/C8H17NO2/c1-4-5-6-11-8(10)7-9(2)3/h4-7H2,1-3H3/q+1. The molecule has 0 aliphatic heterocycles. The van der Waals surface area contributed by atoms with Crippen molar-refractivity contribution in [3.05, 3.63) is 0 Å². The molecule has 0 saturated heterocycles. The third kappa shape index (κ3) is 7.33. The largest absolute Gasteiger partial charge is 0.461 e. The van der Waals surface area contributed by atoms with Gasteiger partial charge in [0.2, 0.25) is 6.54 Å². The molecule has 65 valence electrons. The number of carbonyl (C=O) groups is 1. The van der Waals surface area contributed by atoms with E-state index >= 15 is 0 Å². The SMILES string of the molecule is CCCCOC(=O)C[N+](C)C. The topological polar surface area (TPSA) is 32.2 Å². The Labute approximate surface area is 68.3 Å². The van der Waals surface area contributed by atoms with Crippen LogP contribution in [0.25, 0.3) is 0 Å². The van der Waals surface area contributed by atoms with E-state index in [2.05, 4.69) is 6.92 Å². The Morgan fingerprint density at radius 3 is 2.55 bits per heavy atom. The highest BCUT2D eigenvalue weighted by molar-refractivity contribution is 5.71. The van der Waals surface area contributed by atoms with E-state index < -0.39 is 0 Å². The van der Waals surface area contributed by atoms with Gasteiger partial charge in [0.15, 0.2) is 0 Å². The van der Waals surface area contributed by atoms with Crippen LogP contribution in [0.2, 0.25) is 0 Å². The van der Waals surface area contributed by atoms with Crippen molar-refractivity contribution in [2.45, 2.75) is 19.8 Å². The van der Waals surface area contributed by atoms with E-state index in [4.69, 9.17) is 4.74 Å². The van der Waals surface area contributed by atoms with Gasteiger partial charge in [-0.15, -0.1) is 0 Å². The Hall–Kier alpha value is -0.570. The lowest BCUT2D eigenvalue weighted by atomic mass is 10.4. The molecule has 0 bridgehead atoms. The molecule has 3 heteroatoms. The lowest BCUT2D eigenvalue weighted by Crippen LogP contribution is -2.28.